The average molecular weight is 462 g/mol. The molecule has 0 aromatic heterocycles. The van der Waals surface area contributed by atoms with Crippen LogP contribution in [0.3, 0.4) is 0 Å². The van der Waals surface area contributed by atoms with Crippen LogP contribution in [0.25, 0.3) is 0 Å². The molecular weight excluding hydrogens is 438 g/mol. The molecule has 0 fully saturated rings. The summed E-state index contributed by atoms with van der Waals surface area (Å²) in [6, 6.07) is 49.4. The van der Waals surface area contributed by atoms with Gasteiger partial charge in [0.15, 0.2) is 7.14 Å². The average Bonchev–Trinajstić information content (AvgIpc) is 2.91. The highest BCUT2D eigenvalue weighted by atomic mass is 31.2. The quantitative estimate of drug-likeness (QED) is 0.322. The van der Waals surface area contributed by atoms with Gasteiger partial charge in [0.25, 0.3) is 0 Å². The van der Waals surface area contributed by atoms with Crippen molar-refractivity contribution in [3.63, 3.8) is 0 Å². The Hall–Kier alpha value is -3.24. The number of rotatable bonds is 6. The van der Waals surface area contributed by atoms with Crippen LogP contribution in [0.1, 0.15) is 0 Å². The summed E-state index contributed by atoms with van der Waals surface area (Å²) in [4.78, 5) is 0. The van der Waals surface area contributed by atoms with E-state index in [0.717, 1.165) is 15.9 Å². The molecule has 0 N–H and O–H groups in total. The van der Waals surface area contributed by atoms with Gasteiger partial charge in [-0.15, -0.1) is 0 Å². The highest BCUT2D eigenvalue weighted by Gasteiger charge is 2.30. The summed E-state index contributed by atoms with van der Waals surface area (Å²) in [5, 5.41) is 6.35. The van der Waals surface area contributed by atoms with E-state index in [9.17, 15) is 4.57 Å². The van der Waals surface area contributed by atoms with Crippen LogP contribution in [0.15, 0.2) is 146 Å². The molecule has 0 saturated heterocycles. The van der Waals surface area contributed by atoms with E-state index in [0.29, 0.717) is 0 Å². The van der Waals surface area contributed by atoms with Gasteiger partial charge in [-0.05, 0) is 29.9 Å². The largest absolute Gasteiger partial charge is 0.309 e. The second-order valence-corrected chi connectivity index (χ2v) is 12.8. The van der Waals surface area contributed by atoms with E-state index in [1.165, 1.54) is 15.9 Å². The first-order chi connectivity index (χ1) is 16.3. The normalized spacial score (nSPS) is 11.4. The first-order valence-electron chi connectivity index (χ1n) is 11.0. The molecule has 1 nitrogen and oxygen atoms in total. The zero-order chi connectivity index (χ0) is 22.5. The third kappa shape index (κ3) is 4.36. The zero-order valence-electron chi connectivity index (χ0n) is 18.2. The van der Waals surface area contributed by atoms with E-state index in [-0.39, 0.29) is 0 Å². The Bertz CT molecular complexity index is 1290. The van der Waals surface area contributed by atoms with Gasteiger partial charge in [-0.1, -0.05) is 140 Å². The maximum Gasteiger partial charge on any atom is 0.171 e. The summed E-state index contributed by atoms with van der Waals surface area (Å²) in [5.41, 5.74) is 0. The van der Waals surface area contributed by atoms with Crippen molar-refractivity contribution in [1.82, 2.24) is 0 Å². The van der Waals surface area contributed by atoms with Crippen LogP contribution in [0.5, 0.6) is 0 Å². The van der Waals surface area contributed by atoms with Gasteiger partial charge >= 0.3 is 0 Å². The molecule has 0 heterocycles. The summed E-state index contributed by atoms with van der Waals surface area (Å²) in [6.07, 6.45) is 0. The van der Waals surface area contributed by atoms with Crippen molar-refractivity contribution in [2.24, 2.45) is 0 Å². The second kappa shape index (κ2) is 9.72. The minimum atomic E-state index is -3.02. The lowest BCUT2D eigenvalue weighted by atomic mass is 10.3. The highest BCUT2D eigenvalue weighted by molar-refractivity contribution is 7.85. The van der Waals surface area contributed by atoms with Crippen LogP contribution in [0, 0.1) is 0 Å². The molecule has 0 atom stereocenters. The number of hydrogen-bond acceptors (Lipinski definition) is 1. The first kappa shape index (κ1) is 21.6. The lowest BCUT2D eigenvalue weighted by molar-refractivity contribution is 0.592. The molecule has 5 aromatic rings. The molecule has 5 rings (SSSR count). The van der Waals surface area contributed by atoms with Crippen molar-refractivity contribution in [2.45, 2.75) is 0 Å². The fraction of sp³-hybridized carbons (Fsp3) is 0. The third-order valence-electron chi connectivity index (χ3n) is 5.72. The Balaban J connectivity index is 1.71. The van der Waals surface area contributed by atoms with Crippen LogP contribution in [-0.2, 0) is 4.57 Å². The first-order valence-corrected chi connectivity index (χ1v) is 14.0. The molecule has 0 aliphatic carbocycles. The second-order valence-electron chi connectivity index (χ2n) is 7.81. The predicted molar refractivity (Wildman–Crippen MR) is 145 cm³/mol. The molecule has 0 amide bonds. The molecule has 0 aliphatic heterocycles. The standard InChI is InChI=1S/C30H24OP2/c31-33(28-19-9-3-10-20-28,29-21-11-4-12-22-29)30-23-13-18-27(24-30)32(25-14-5-1-6-15-25)26-16-7-2-8-17-26/h1-24H. The molecule has 5 aromatic carbocycles. The van der Waals surface area contributed by atoms with Gasteiger partial charge in [0.1, 0.15) is 0 Å². The van der Waals surface area contributed by atoms with E-state index in [1.807, 2.05) is 66.7 Å². The SMILES string of the molecule is O=P(c1ccccc1)(c1ccccc1)c1cccc(P(c2ccccc2)c2ccccc2)c1. The van der Waals surface area contributed by atoms with Gasteiger partial charge in [0.05, 0.1) is 0 Å². The van der Waals surface area contributed by atoms with Crippen LogP contribution < -0.4 is 31.8 Å². The molecular formula is C30H24OP2. The Labute approximate surface area is 196 Å². The zero-order valence-corrected chi connectivity index (χ0v) is 19.9. The van der Waals surface area contributed by atoms with Crippen LogP contribution in [0.2, 0.25) is 0 Å². The summed E-state index contributed by atoms with van der Waals surface area (Å²) < 4.78 is 14.9. The van der Waals surface area contributed by atoms with Crippen molar-refractivity contribution in [2.75, 3.05) is 0 Å². The van der Waals surface area contributed by atoms with Crippen molar-refractivity contribution in [1.29, 1.82) is 0 Å². The molecule has 3 heteroatoms. The lowest BCUT2D eigenvalue weighted by Crippen LogP contribution is -2.28. The van der Waals surface area contributed by atoms with Crippen molar-refractivity contribution in [3.05, 3.63) is 146 Å². The lowest BCUT2D eigenvalue weighted by Gasteiger charge is -2.23. The number of hydrogen-bond donors (Lipinski definition) is 0. The van der Waals surface area contributed by atoms with Gasteiger partial charge in [-0.3, -0.25) is 0 Å². The van der Waals surface area contributed by atoms with Gasteiger partial charge < -0.3 is 4.57 Å². The van der Waals surface area contributed by atoms with E-state index >= 15 is 0 Å². The van der Waals surface area contributed by atoms with Crippen LogP contribution >= 0.6 is 15.1 Å². The van der Waals surface area contributed by atoms with Gasteiger partial charge in [0, 0.05) is 15.9 Å². The molecule has 0 unspecified atom stereocenters. The molecule has 0 bridgehead atoms. The van der Waals surface area contributed by atoms with Crippen molar-refractivity contribution < 1.29 is 4.57 Å². The van der Waals surface area contributed by atoms with Gasteiger partial charge in [-0.2, -0.15) is 0 Å². The maximum absolute atomic E-state index is 14.9. The van der Waals surface area contributed by atoms with Crippen LogP contribution in [-0.4, -0.2) is 0 Å². The Morgan fingerprint density at radius 1 is 0.394 bits per heavy atom. The Morgan fingerprint density at radius 2 is 0.758 bits per heavy atom. The molecule has 0 aliphatic rings. The predicted octanol–water partition coefficient (Wildman–Crippen LogP) is 5.08. The van der Waals surface area contributed by atoms with E-state index in [4.69, 9.17) is 0 Å². The third-order valence-corrected chi connectivity index (χ3v) is 11.2. The van der Waals surface area contributed by atoms with E-state index in [2.05, 4.69) is 78.9 Å². The van der Waals surface area contributed by atoms with Crippen LogP contribution in [0.4, 0.5) is 0 Å². The van der Waals surface area contributed by atoms with Gasteiger partial charge in [-0.25, -0.2) is 0 Å². The molecule has 33 heavy (non-hydrogen) atoms. The summed E-state index contributed by atoms with van der Waals surface area (Å²) in [7, 11) is -3.78. The molecule has 0 radical (unpaired) electrons. The topological polar surface area (TPSA) is 17.1 Å². The van der Waals surface area contributed by atoms with Crippen molar-refractivity contribution >= 4 is 46.9 Å². The highest BCUT2D eigenvalue weighted by Crippen LogP contribution is 2.43. The fourth-order valence-electron chi connectivity index (χ4n) is 4.15. The summed E-state index contributed by atoms with van der Waals surface area (Å²) >= 11 is 0. The fourth-order valence-corrected chi connectivity index (χ4v) is 9.29. The maximum atomic E-state index is 14.9. The van der Waals surface area contributed by atoms with E-state index in [1.54, 1.807) is 0 Å². The van der Waals surface area contributed by atoms with Crippen molar-refractivity contribution in [3.8, 4) is 0 Å². The Morgan fingerprint density at radius 3 is 1.21 bits per heavy atom. The molecule has 160 valence electrons. The monoisotopic (exact) mass is 462 g/mol. The molecule has 0 saturated carbocycles. The number of benzene rings is 5. The smallest absolute Gasteiger partial charge is 0.171 e. The van der Waals surface area contributed by atoms with Gasteiger partial charge in [0.2, 0.25) is 0 Å². The molecule has 0 spiro atoms. The minimum absolute atomic E-state index is 0.768. The Kier molecular flexibility index (Phi) is 6.36. The summed E-state index contributed by atoms with van der Waals surface area (Å²) in [6.45, 7) is 0. The minimum Gasteiger partial charge on any atom is -0.309 e. The van der Waals surface area contributed by atoms with E-state index < -0.39 is 15.1 Å². The summed E-state index contributed by atoms with van der Waals surface area (Å²) in [5.74, 6) is 0.